The first-order valence-corrected chi connectivity index (χ1v) is 11.4. The van der Waals surface area contributed by atoms with E-state index >= 15 is 0 Å². The number of primary amides is 1. The highest BCUT2D eigenvalue weighted by molar-refractivity contribution is 5.95. The minimum atomic E-state index is -1.36. The van der Waals surface area contributed by atoms with E-state index in [-0.39, 0.29) is 53.7 Å². The molecule has 212 valence electrons. The maximum Gasteiger partial charge on any atom is 0.336 e. The molecule has 15 heteroatoms. The Kier molecular flexibility index (Phi) is 10.4. The van der Waals surface area contributed by atoms with Crippen LogP contribution >= 0.6 is 0 Å². The summed E-state index contributed by atoms with van der Waals surface area (Å²) in [6.07, 6.45) is 3.11. The van der Waals surface area contributed by atoms with E-state index in [1.54, 1.807) is 12.2 Å². The first kappa shape index (κ1) is 30.9. The van der Waals surface area contributed by atoms with Gasteiger partial charge in [-0.15, -0.1) is 0 Å². The van der Waals surface area contributed by atoms with E-state index in [2.05, 4.69) is 22.5 Å². The van der Waals surface area contributed by atoms with E-state index in [4.69, 9.17) is 20.3 Å². The van der Waals surface area contributed by atoms with E-state index in [1.165, 1.54) is 27.0 Å². The van der Waals surface area contributed by atoms with Gasteiger partial charge in [-0.05, 0) is 26.0 Å². The quantitative estimate of drug-likeness (QED) is 0.104. The molecule has 0 fully saturated rings. The first-order chi connectivity index (χ1) is 18.7. The number of aromatic carboxylic acids is 1. The number of amides is 1. The molecule has 0 aromatic heterocycles. The number of carboxylic acids is 1. The summed E-state index contributed by atoms with van der Waals surface area (Å²) in [6, 6.07) is 4.27. The standard InChI is InChI=1S/C25H27N5O10/c1-25(2,34)7-6-10-40-20-13-15(23(26)31)11-17(29(35)36)22(20)28-9-5-4-8-27-21-18(30(37)38)12-16(24(32)33)14-19(21)39-3/h4-5,11-14,27-28,34H,8-10H2,1-3H3,(H2,26,31)(H,32,33)/b5-4+. The van der Waals surface area contributed by atoms with Crippen molar-refractivity contribution in [2.45, 2.75) is 19.4 Å². The van der Waals surface area contributed by atoms with Gasteiger partial charge < -0.3 is 36.1 Å². The molecule has 0 atom stereocenters. The van der Waals surface area contributed by atoms with Gasteiger partial charge in [0, 0.05) is 30.8 Å². The van der Waals surface area contributed by atoms with Crippen molar-refractivity contribution in [3.63, 3.8) is 0 Å². The molecule has 0 bridgehead atoms. The number of nitrogens with one attached hydrogen (secondary N) is 2. The van der Waals surface area contributed by atoms with E-state index in [0.717, 1.165) is 18.2 Å². The van der Waals surface area contributed by atoms with Crippen LogP contribution in [0.25, 0.3) is 0 Å². The number of anilines is 2. The summed E-state index contributed by atoms with van der Waals surface area (Å²) in [7, 11) is 1.24. The van der Waals surface area contributed by atoms with Crippen molar-refractivity contribution in [1.29, 1.82) is 0 Å². The zero-order valence-electron chi connectivity index (χ0n) is 21.7. The molecule has 2 rings (SSSR count). The molecule has 6 N–H and O–H groups in total. The number of ether oxygens (including phenoxy) is 2. The van der Waals surface area contributed by atoms with E-state index in [9.17, 15) is 34.9 Å². The number of nitrogens with zero attached hydrogens (tertiary/aromatic N) is 2. The van der Waals surface area contributed by atoms with Crippen molar-refractivity contribution in [3.05, 3.63) is 67.8 Å². The summed E-state index contributed by atoms with van der Waals surface area (Å²) in [4.78, 5) is 44.6. The largest absolute Gasteiger partial charge is 0.494 e. The Bertz CT molecular complexity index is 1400. The van der Waals surface area contributed by atoms with Crippen LogP contribution in [0.4, 0.5) is 22.7 Å². The fourth-order valence-electron chi connectivity index (χ4n) is 3.24. The van der Waals surface area contributed by atoms with Gasteiger partial charge in [0.25, 0.3) is 11.4 Å². The van der Waals surface area contributed by atoms with Crippen molar-refractivity contribution < 1.29 is 39.1 Å². The number of benzene rings is 2. The third-order valence-corrected chi connectivity index (χ3v) is 4.96. The number of carbonyl (C=O) groups excluding carboxylic acids is 1. The Morgan fingerprint density at radius 3 is 1.95 bits per heavy atom. The Balaban J connectivity index is 2.23. The van der Waals surface area contributed by atoms with Gasteiger partial charge in [-0.1, -0.05) is 24.0 Å². The number of aliphatic hydroxyl groups is 1. The van der Waals surface area contributed by atoms with Crippen molar-refractivity contribution in [2.24, 2.45) is 5.73 Å². The lowest BCUT2D eigenvalue weighted by Gasteiger charge is -2.13. The van der Waals surface area contributed by atoms with Crippen LogP contribution in [-0.2, 0) is 0 Å². The van der Waals surface area contributed by atoms with Crippen LogP contribution < -0.4 is 25.8 Å². The van der Waals surface area contributed by atoms with Gasteiger partial charge in [-0.2, -0.15) is 0 Å². The molecular weight excluding hydrogens is 530 g/mol. The average molecular weight is 558 g/mol. The fraction of sp³-hybridized carbons (Fsp3) is 0.280. The molecular formula is C25H27N5O10. The van der Waals surface area contributed by atoms with E-state index in [1.807, 2.05) is 0 Å². The molecule has 15 nitrogen and oxygen atoms in total. The molecule has 2 aromatic carbocycles. The number of hydrogen-bond donors (Lipinski definition) is 5. The number of carbonyl (C=O) groups is 2. The normalized spacial score (nSPS) is 10.8. The second kappa shape index (κ2) is 13.4. The molecule has 0 unspecified atom stereocenters. The van der Waals surface area contributed by atoms with Crippen LogP contribution in [-0.4, -0.2) is 64.3 Å². The van der Waals surface area contributed by atoms with Gasteiger partial charge in [0.2, 0.25) is 5.91 Å². The highest BCUT2D eigenvalue weighted by atomic mass is 16.6. The predicted molar refractivity (Wildman–Crippen MR) is 144 cm³/mol. The Morgan fingerprint density at radius 1 is 1.00 bits per heavy atom. The number of rotatable bonds is 13. The van der Waals surface area contributed by atoms with Gasteiger partial charge in [0.1, 0.15) is 18.0 Å². The summed E-state index contributed by atoms with van der Waals surface area (Å²) < 4.78 is 10.6. The topological polar surface area (TPSA) is 229 Å². The molecule has 0 radical (unpaired) electrons. The predicted octanol–water partition coefficient (Wildman–Crippen LogP) is 2.54. The number of methoxy groups -OCH3 is 1. The summed E-state index contributed by atoms with van der Waals surface area (Å²) in [5.74, 6) is 2.73. The maximum atomic E-state index is 11.7. The number of nitrogens with two attached hydrogens (primary N) is 1. The molecule has 0 saturated carbocycles. The van der Waals surface area contributed by atoms with Gasteiger partial charge in [-0.25, -0.2) is 4.79 Å². The molecule has 0 saturated heterocycles. The summed E-state index contributed by atoms with van der Waals surface area (Å²) >= 11 is 0. The van der Waals surface area contributed by atoms with Crippen LogP contribution in [0, 0.1) is 32.1 Å². The zero-order chi connectivity index (χ0) is 30.0. The lowest BCUT2D eigenvalue weighted by Crippen LogP contribution is -2.15. The van der Waals surface area contributed by atoms with Gasteiger partial charge in [0.15, 0.2) is 17.1 Å². The molecule has 0 heterocycles. The number of hydrogen-bond acceptors (Lipinski definition) is 11. The Labute approximate surface area is 227 Å². The van der Waals surface area contributed by atoms with Crippen LogP contribution in [0.2, 0.25) is 0 Å². The second-order valence-corrected chi connectivity index (χ2v) is 8.51. The minimum Gasteiger partial charge on any atom is -0.494 e. The number of carboxylic acid groups (broad SMARTS) is 1. The third-order valence-electron chi connectivity index (χ3n) is 4.96. The maximum absolute atomic E-state index is 11.7. The molecule has 0 aliphatic rings. The van der Waals surface area contributed by atoms with E-state index < -0.39 is 38.7 Å². The lowest BCUT2D eigenvalue weighted by atomic mass is 10.1. The summed E-state index contributed by atoms with van der Waals surface area (Å²) in [6.45, 7) is 2.75. The second-order valence-electron chi connectivity index (χ2n) is 8.51. The van der Waals surface area contributed by atoms with Crippen LogP contribution in [0.1, 0.15) is 34.6 Å². The first-order valence-electron chi connectivity index (χ1n) is 11.4. The average Bonchev–Trinajstić information content (AvgIpc) is 2.87. The Hall–Kier alpha value is -5.36. The molecule has 2 aromatic rings. The van der Waals surface area contributed by atoms with Crippen LogP contribution in [0.15, 0.2) is 36.4 Å². The lowest BCUT2D eigenvalue weighted by molar-refractivity contribution is -0.384. The molecule has 1 amide bonds. The van der Waals surface area contributed by atoms with Gasteiger partial charge in [-0.3, -0.25) is 25.0 Å². The number of nitro groups is 2. The summed E-state index contributed by atoms with van der Waals surface area (Å²) in [5.41, 5.74) is 2.47. The van der Waals surface area contributed by atoms with Crippen molar-refractivity contribution in [2.75, 3.05) is 37.4 Å². The molecule has 40 heavy (non-hydrogen) atoms. The summed E-state index contributed by atoms with van der Waals surface area (Å²) in [5, 5.41) is 47.6. The Morgan fingerprint density at radius 2 is 1.50 bits per heavy atom. The molecule has 0 aliphatic carbocycles. The van der Waals surface area contributed by atoms with Gasteiger partial charge in [0.05, 0.1) is 22.5 Å². The van der Waals surface area contributed by atoms with Crippen molar-refractivity contribution in [1.82, 2.24) is 0 Å². The third kappa shape index (κ3) is 8.60. The minimum absolute atomic E-state index is 0.0291. The monoisotopic (exact) mass is 557 g/mol. The van der Waals surface area contributed by atoms with Crippen molar-refractivity contribution >= 4 is 34.6 Å². The zero-order valence-corrected chi connectivity index (χ0v) is 21.7. The van der Waals surface area contributed by atoms with Crippen molar-refractivity contribution in [3.8, 4) is 23.3 Å². The highest BCUT2D eigenvalue weighted by Crippen LogP contribution is 2.37. The fourth-order valence-corrected chi connectivity index (χ4v) is 3.24. The van der Waals surface area contributed by atoms with E-state index in [0.29, 0.717) is 0 Å². The molecule has 0 aliphatic heterocycles. The number of nitro benzene ring substituents is 2. The van der Waals surface area contributed by atoms with Crippen LogP contribution in [0.3, 0.4) is 0 Å². The van der Waals surface area contributed by atoms with Gasteiger partial charge >= 0.3 is 5.97 Å². The highest BCUT2D eigenvalue weighted by Gasteiger charge is 2.24. The molecule has 0 spiro atoms. The van der Waals surface area contributed by atoms with Crippen LogP contribution in [0.5, 0.6) is 11.5 Å². The smallest absolute Gasteiger partial charge is 0.336 e. The SMILES string of the molecule is COc1cc(C(=O)O)cc([N+](=O)[O-])c1NC/C=C/CNc1c(OCC#CC(C)(C)O)cc(C(N)=O)cc1[N+](=O)[O-].